The molecule has 192 valence electrons. The van der Waals surface area contributed by atoms with E-state index >= 15 is 0 Å². The monoisotopic (exact) mass is 502 g/mol. The van der Waals surface area contributed by atoms with E-state index in [2.05, 4.69) is 33.9 Å². The van der Waals surface area contributed by atoms with Gasteiger partial charge in [-0.3, -0.25) is 13.9 Å². The number of carbonyl (C=O) groups is 1. The van der Waals surface area contributed by atoms with Crippen LogP contribution in [0.1, 0.15) is 51.0 Å². The molecule has 1 aromatic carbocycles. The van der Waals surface area contributed by atoms with Gasteiger partial charge in [-0.2, -0.15) is 0 Å². The van der Waals surface area contributed by atoms with E-state index in [0.29, 0.717) is 30.8 Å². The minimum Gasteiger partial charge on any atom is -0.497 e. The Hall–Kier alpha value is -2.49. The summed E-state index contributed by atoms with van der Waals surface area (Å²) in [6, 6.07) is 7.26. The third-order valence-corrected chi connectivity index (χ3v) is 11.9. The van der Waals surface area contributed by atoms with E-state index in [1.54, 1.807) is 32.4 Å². The highest BCUT2D eigenvalue weighted by Crippen LogP contribution is 2.39. The molecule has 0 N–H and O–H groups in total. The van der Waals surface area contributed by atoms with Gasteiger partial charge in [0, 0.05) is 18.2 Å². The summed E-state index contributed by atoms with van der Waals surface area (Å²) >= 11 is 0. The quantitative estimate of drug-likeness (QED) is 0.382. The van der Waals surface area contributed by atoms with E-state index in [1.165, 1.54) is 9.13 Å². The van der Waals surface area contributed by atoms with Crippen LogP contribution in [0.2, 0.25) is 18.1 Å². The number of aromatic nitrogens is 2. The van der Waals surface area contributed by atoms with Crippen LogP contribution in [0.25, 0.3) is 0 Å². The van der Waals surface area contributed by atoms with E-state index in [1.807, 2.05) is 12.1 Å². The molecule has 9 heteroatoms. The van der Waals surface area contributed by atoms with Crippen molar-refractivity contribution in [2.75, 3.05) is 13.7 Å². The number of carbonyl (C=O) groups excluding carboxylic acids is 1. The Kier molecular flexibility index (Phi) is 8.24. The number of aryl methyl sites for hydroxylation is 1. The minimum atomic E-state index is -2.00. The smallest absolute Gasteiger partial charge is 0.333 e. The van der Waals surface area contributed by atoms with Crippen LogP contribution in [0.5, 0.6) is 5.75 Å². The Balaban J connectivity index is 1.87. The van der Waals surface area contributed by atoms with Gasteiger partial charge in [0.2, 0.25) is 0 Å². The van der Waals surface area contributed by atoms with Gasteiger partial charge < -0.3 is 18.7 Å². The zero-order valence-electron chi connectivity index (χ0n) is 21.9. The third-order valence-electron chi connectivity index (χ3n) is 7.35. The summed E-state index contributed by atoms with van der Waals surface area (Å²) in [5, 5.41) is 0.0518. The molecule has 1 aromatic heterocycles. The number of hydrogen-bond acceptors (Lipinski definition) is 6. The number of rotatable bonds is 9. The molecule has 1 aliphatic heterocycles. The zero-order chi connectivity index (χ0) is 26.0. The SMILES string of the molecule is COc1ccc(Cn2c(=O)c(C)cn([C@H]3C[C@H](CC=O)[C@@H](CO[Si](C)(C)C(C)(C)C)O3)c2=O)cc1. The summed E-state index contributed by atoms with van der Waals surface area (Å²) in [6.07, 6.45) is 2.44. The van der Waals surface area contributed by atoms with Gasteiger partial charge in [-0.05, 0) is 55.1 Å². The average Bonchev–Trinajstić information content (AvgIpc) is 3.20. The van der Waals surface area contributed by atoms with Crippen molar-refractivity contribution in [1.82, 2.24) is 9.13 Å². The molecule has 1 fully saturated rings. The van der Waals surface area contributed by atoms with Crippen molar-refractivity contribution in [3.8, 4) is 5.75 Å². The number of ether oxygens (including phenoxy) is 2. The lowest BCUT2D eigenvalue weighted by molar-refractivity contribution is -0.109. The molecular weight excluding hydrogens is 464 g/mol. The first-order valence-corrected chi connectivity index (χ1v) is 15.0. The van der Waals surface area contributed by atoms with Crippen LogP contribution in [-0.4, -0.2) is 43.6 Å². The number of hydrogen-bond donors (Lipinski definition) is 0. The Bertz CT molecular complexity index is 1150. The third kappa shape index (κ3) is 6.02. The molecule has 35 heavy (non-hydrogen) atoms. The Morgan fingerprint density at radius 1 is 1.17 bits per heavy atom. The normalized spacial score (nSPS) is 20.7. The molecular formula is C26H38N2O6Si. The number of benzene rings is 1. The van der Waals surface area contributed by atoms with Gasteiger partial charge in [0.1, 0.15) is 18.3 Å². The highest BCUT2D eigenvalue weighted by atomic mass is 28.4. The van der Waals surface area contributed by atoms with Gasteiger partial charge in [-0.25, -0.2) is 4.79 Å². The molecule has 0 saturated carbocycles. The van der Waals surface area contributed by atoms with Gasteiger partial charge in [-0.15, -0.1) is 0 Å². The lowest BCUT2D eigenvalue weighted by atomic mass is 9.98. The van der Waals surface area contributed by atoms with Crippen molar-refractivity contribution in [3.63, 3.8) is 0 Å². The van der Waals surface area contributed by atoms with Crippen molar-refractivity contribution in [1.29, 1.82) is 0 Å². The summed E-state index contributed by atoms with van der Waals surface area (Å²) in [6.45, 7) is 13.1. The molecule has 2 aromatic rings. The maximum absolute atomic E-state index is 13.4. The van der Waals surface area contributed by atoms with Gasteiger partial charge in [0.15, 0.2) is 8.32 Å². The Labute approximate surface area is 208 Å². The first kappa shape index (κ1) is 27.1. The van der Waals surface area contributed by atoms with Crippen LogP contribution >= 0.6 is 0 Å². The first-order chi connectivity index (χ1) is 16.4. The largest absolute Gasteiger partial charge is 0.497 e. The summed E-state index contributed by atoms with van der Waals surface area (Å²) in [4.78, 5) is 37.6. The van der Waals surface area contributed by atoms with Crippen LogP contribution in [0, 0.1) is 12.8 Å². The molecule has 1 aliphatic rings. The second-order valence-electron chi connectivity index (χ2n) is 10.8. The standard InChI is InChI=1S/C26H38N2O6Si/c1-18-15-27(25(31)28(24(18)30)16-19-8-10-21(32-5)11-9-19)23-14-20(12-13-29)22(34-23)17-33-35(6,7)26(2,3)4/h8-11,13,15,20,22-23H,12,14,16-17H2,1-7H3/t20-,22+,23+/m0/s1. The van der Waals surface area contributed by atoms with Crippen LogP contribution in [0.4, 0.5) is 0 Å². The first-order valence-electron chi connectivity index (χ1n) is 12.1. The Morgan fingerprint density at radius 2 is 1.83 bits per heavy atom. The zero-order valence-corrected chi connectivity index (χ0v) is 22.9. The van der Waals surface area contributed by atoms with Crippen molar-refractivity contribution >= 4 is 14.6 Å². The van der Waals surface area contributed by atoms with E-state index < -0.39 is 20.2 Å². The van der Waals surface area contributed by atoms with Crippen molar-refractivity contribution in [3.05, 3.63) is 62.4 Å². The minimum absolute atomic E-state index is 0.0518. The number of methoxy groups -OCH3 is 1. The number of aldehydes is 1. The molecule has 0 bridgehead atoms. The van der Waals surface area contributed by atoms with Crippen LogP contribution in [0.3, 0.4) is 0 Å². The highest BCUT2D eigenvalue weighted by Gasteiger charge is 2.41. The molecule has 1 saturated heterocycles. The van der Waals surface area contributed by atoms with Crippen LogP contribution < -0.4 is 16.0 Å². The summed E-state index contributed by atoms with van der Waals surface area (Å²) < 4.78 is 20.6. The molecule has 0 radical (unpaired) electrons. The molecule has 8 nitrogen and oxygen atoms in total. The van der Waals surface area contributed by atoms with Crippen LogP contribution in [0.15, 0.2) is 40.1 Å². The molecule has 0 aliphatic carbocycles. The molecule has 2 heterocycles. The van der Waals surface area contributed by atoms with Gasteiger partial charge in [0.05, 0.1) is 26.4 Å². The molecule has 3 rings (SSSR count). The molecule has 0 amide bonds. The fraction of sp³-hybridized carbons (Fsp3) is 0.577. The lowest BCUT2D eigenvalue weighted by Crippen LogP contribution is -2.43. The van der Waals surface area contributed by atoms with E-state index in [0.717, 1.165) is 11.8 Å². The lowest BCUT2D eigenvalue weighted by Gasteiger charge is -2.37. The van der Waals surface area contributed by atoms with E-state index in [4.69, 9.17) is 13.9 Å². The van der Waals surface area contributed by atoms with E-state index in [-0.39, 0.29) is 29.2 Å². The molecule has 0 spiro atoms. The summed E-state index contributed by atoms with van der Waals surface area (Å²) in [5.41, 5.74) is 0.503. The predicted molar refractivity (Wildman–Crippen MR) is 138 cm³/mol. The average molecular weight is 503 g/mol. The second kappa shape index (κ2) is 10.6. The fourth-order valence-corrected chi connectivity index (χ4v) is 5.04. The maximum Gasteiger partial charge on any atom is 0.333 e. The van der Waals surface area contributed by atoms with Crippen molar-refractivity contribution in [2.24, 2.45) is 5.92 Å². The summed E-state index contributed by atoms with van der Waals surface area (Å²) in [5.74, 6) is 0.644. The number of nitrogens with zero attached hydrogens (tertiary/aromatic N) is 2. The van der Waals surface area contributed by atoms with Crippen molar-refractivity contribution in [2.45, 2.75) is 77.5 Å². The fourth-order valence-electron chi connectivity index (χ4n) is 4.03. The predicted octanol–water partition coefficient (Wildman–Crippen LogP) is 3.89. The van der Waals surface area contributed by atoms with Gasteiger partial charge in [-0.1, -0.05) is 32.9 Å². The van der Waals surface area contributed by atoms with Crippen LogP contribution in [-0.2, 0) is 20.5 Å². The molecule has 0 unspecified atom stereocenters. The second-order valence-corrected chi connectivity index (χ2v) is 15.6. The van der Waals surface area contributed by atoms with E-state index in [9.17, 15) is 14.4 Å². The highest BCUT2D eigenvalue weighted by molar-refractivity contribution is 6.74. The summed E-state index contributed by atoms with van der Waals surface area (Å²) in [7, 11) is -0.418. The Morgan fingerprint density at radius 3 is 2.40 bits per heavy atom. The maximum atomic E-state index is 13.4. The van der Waals surface area contributed by atoms with Crippen molar-refractivity contribution < 1.29 is 18.7 Å². The van der Waals surface area contributed by atoms with Gasteiger partial charge >= 0.3 is 5.69 Å². The molecule has 3 atom stereocenters. The topological polar surface area (TPSA) is 88.8 Å². The van der Waals surface area contributed by atoms with Gasteiger partial charge in [0.25, 0.3) is 5.56 Å².